The molecule has 5 nitrogen and oxygen atoms in total. The fourth-order valence-corrected chi connectivity index (χ4v) is 1.11. The van der Waals surface area contributed by atoms with Crippen molar-refractivity contribution in [2.45, 2.75) is 46.1 Å². The Labute approximate surface area is 111 Å². The molecule has 3 N–H and O–H groups in total. The first-order chi connectivity index (χ1) is 8.64. The van der Waals surface area contributed by atoms with Gasteiger partial charge in [-0.05, 0) is 6.42 Å². The number of hydrogen-bond donors (Lipinski definition) is 3. The Morgan fingerprint density at radius 2 is 1.79 bits per heavy atom. The van der Waals surface area contributed by atoms with E-state index in [0.717, 1.165) is 0 Å². The lowest BCUT2D eigenvalue weighted by Gasteiger charge is -2.17. The van der Waals surface area contributed by atoms with E-state index in [4.69, 9.17) is 5.11 Å². The van der Waals surface area contributed by atoms with Crippen LogP contribution in [0.3, 0.4) is 0 Å². The molecule has 0 spiro atoms. The molecule has 1 unspecified atom stereocenters. The molecule has 0 saturated heterocycles. The maximum absolute atomic E-state index is 11.9. The van der Waals surface area contributed by atoms with E-state index in [1.165, 1.54) is 0 Å². The second-order valence-electron chi connectivity index (χ2n) is 5.32. The van der Waals surface area contributed by atoms with Crippen molar-refractivity contribution < 1.29 is 23.5 Å². The lowest BCUT2D eigenvalue weighted by Crippen LogP contribution is -2.37. The molecule has 112 valence electrons. The molecule has 0 heterocycles. The lowest BCUT2D eigenvalue weighted by atomic mass is 9.96. The topological polar surface area (TPSA) is 78.4 Å². The molecule has 0 aliphatic heterocycles. The molecule has 0 aliphatic rings. The van der Waals surface area contributed by atoms with Crippen LogP contribution in [0.4, 0.5) is 8.78 Å². The maximum atomic E-state index is 11.9. The molecule has 0 rings (SSSR count). The fraction of sp³-hybridized carbons (Fsp3) is 0.833. The van der Waals surface area contributed by atoms with Crippen LogP contribution in [0.25, 0.3) is 0 Å². The van der Waals surface area contributed by atoms with Crippen LogP contribution >= 0.6 is 0 Å². The summed E-state index contributed by atoms with van der Waals surface area (Å²) >= 11 is 0. The molecule has 7 heteroatoms. The molecule has 0 aromatic rings. The number of hydrogen-bond acceptors (Lipinski definition) is 3. The highest BCUT2D eigenvalue weighted by Gasteiger charge is 2.20. The zero-order valence-corrected chi connectivity index (χ0v) is 11.5. The van der Waals surface area contributed by atoms with Gasteiger partial charge in [0.15, 0.2) is 0 Å². The van der Waals surface area contributed by atoms with Gasteiger partial charge in [-0.1, -0.05) is 20.8 Å². The first kappa shape index (κ1) is 17.8. The monoisotopic (exact) mass is 280 g/mol. The van der Waals surface area contributed by atoms with Gasteiger partial charge in [-0.2, -0.15) is 0 Å². The normalized spacial score (nSPS) is 13.2. The van der Waals surface area contributed by atoms with Crippen LogP contribution in [0.5, 0.6) is 0 Å². The summed E-state index contributed by atoms with van der Waals surface area (Å²) < 4.78 is 23.9. The Morgan fingerprint density at radius 3 is 2.26 bits per heavy atom. The van der Waals surface area contributed by atoms with Gasteiger partial charge in [-0.3, -0.25) is 9.59 Å². The summed E-state index contributed by atoms with van der Waals surface area (Å²) in [5, 5.41) is 13.7. The molecule has 0 saturated carbocycles. The largest absolute Gasteiger partial charge is 0.385 e. The van der Waals surface area contributed by atoms with E-state index in [1.54, 1.807) is 20.8 Å². The molecule has 0 aliphatic carbocycles. The van der Waals surface area contributed by atoms with Crippen molar-refractivity contribution in [2.24, 2.45) is 5.41 Å². The molecular weight excluding hydrogens is 258 g/mol. The fourth-order valence-electron chi connectivity index (χ4n) is 1.11. The molecular formula is C12H22F2N2O3. The van der Waals surface area contributed by atoms with Gasteiger partial charge >= 0.3 is 0 Å². The average molecular weight is 280 g/mol. The number of aliphatic hydroxyl groups is 1. The van der Waals surface area contributed by atoms with Gasteiger partial charge < -0.3 is 15.7 Å². The van der Waals surface area contributed by atoms with Crippen molar-refractivity contribution in [1.29, 1.82) is 0 Å². The average Bonchev–Trinajstić information content (AvgIpc) is 2.29. The van der Waals surface area contributed by atoms with E-state index < -0.39 is 30.4 Å². The number of alkyl halides is 2. The Hall–Kier alpha value is -1.24. The van der Waals surface area contributed by atoms with E-state index in [-0.39, 0.29) is 12.3 Å². The molecule has 0 bridgehead atoms. The summed E-state index contributed by atoms with van der Waals surface area (Å²) in [4.78, 5) is 22.7. The van der Waals surface area contributed by atoms with Crippen LogP contribution in [0, 0.1) is 5.41 Å². The van der Waals surface area contributed by atoms with Crippen LogP contribution in [-0.4, -0.2) is 42.5 Å². The summed E-state index contributed by atoms with van der Waals surface area (Å²) in [7, 11) is 0. The summed E-state index contributed by atoms with van der Waals surface area (Å²) in [6.07, 6.45) is -4.19. The van der Waals surface area contributed by atoms with E-state index >= 15 is 0 Å². The van der Waals surface area contributed by atoms with Crippen LogP contribution in [-0.2, 0) is 9.59 Å². The minimum absolute atomic E-state index is 0.110. The Bertz CT molecular complexity index is 304. The Balaban J connectivity index is 3.68. The van der Waals surface area contributed by atoms with E-state index in [2.05, 4.69) is 10.6 Å². The van der Waals surface area contributed by atoms with Crippen molar-refractivity contribution in [1.82, 2.24) is 10.6 Å². The minimum Gasteiger partial charge on any atom is -0.385 e. The highest BCUT2D eigenvalue weighted by Crippen LogP contribution is 2.12. The quantitative estimate of drug-likeness (QED) is 0.600. The number of aliphatic hydroxyl groups excluding tert-OH is 1. The van der Waals surface area contributed by atoms with Gasteiger partial charge in [0.2, 0.25) is 11.8 Å². The summed E-state index contributed by atoms with van der Waals surface area (Å²) in [6, 6.07) is 0. The Kier molecular flexibility index (Phi) is 7.51. The molecule has 2 amide bonds. The SMILES string of the molecule is CC(C)(C)C(=O)NCCCC(=O)NCC(O)C(F)F. The maximum Gasteiger partial charge on any atom is 0.265 e. The van der Waals surface area contributed by atoms with Crippen LogP contribution in [0.15, 0.2) is 0 Å². The number of carbonyl (C=O) groups excluding carboxylic acids is 2. The number of halogens is 2. The second kappa shape index (κ2) is 8.04. The van der Waals surface area contributed by atoms with Crippen molar-refractivity contribution in [2.75, 3.05) is 13.1 Å². The van der Waals surface area contributed by atoms with Crippen LogP contribution < -0.4 is 10.6 Å². The highest BCUT2D eigenvalue weighted by molar-refractivity contribution is 5.81. The molecule has 0 aromatic heterocycles. The van der Waals surface area contributed by atoms with E-state index in [1.807, 2.05) is 0 Å². The first-order valence-electron chi connectivity index (χ1n) is 6.16. The van der Waals surface area contributed by atoms with Crippen LogP contribution in [0.2, 0.25) is 0 Å². The van der Waals surface area contributed by atoms with Gasteiger partial charge in [0.25, 0.3) is 6.43 Å². The van der Waals surface area contributed by atoms with Gasteiger partial charge in [-0.15, -0.1) is 0 Å². The molecule has 0 fully saturated rings. The molecule has 0 aromatic carbocycles. The summed E-state index contributed by atoms with van der Waals surface area (Å²) in [5.74, 6) is -0.536. The highest BCUT2D eigenvalue weighted by atomic mass is 19.3. The third-order valence-corrected chi connectivity index (χ3v) is 2.35. The predicted octanol–water partition coefficient (Wildman–Crippen LogP) is 0.671. The van der Waals surface area contributed by atoms with E-state index in [0.29, 0.717) is 13.0 Å². The van der Waals surface area contributed by atoms with Crippen molar-refractivity contribution in [3.63, 3.8) is 0 Å². The van der Waals surface area contributed by atoms with E-state index in [9.17, 15) is 18.4 Å². The zero-order valence-electron chi connectivity index (χ0n) is 11.5. The number of amides is 2. The first-order valence-corrected chi connectivity index (χ1v) is 6.16. The number of nitrogens with one attached hydrogen (secondary N) is 2. The van der Waals surface area contributed by atoms with Gasteiger partial charge in [-0.25, -0.2) is 8.78 Å². The minimum atomic E-state index is -2.87. The molecule has 0 radical (unpaired) electrons. The number of rotatable bonds is 7. The number of carbonyl (C=O) groups is 2. The third kappa shape index (κ3) is 8.47. The molecule has 1 atom stereocenters. The Morgan fingerprint density at radius 1 is 1.21 bits per heavy atom. The van der Waals surface area contributed by atoms with Crippen molar-refractivity contribution >= 4 is 11.8 Å². The van der Waals surface area contributed by atoms with Crippen molar-refractivity contribution in [3.05, 3.63) is 0 Å². The summed E-state index contributed by atoms with van der Waals surface area (Å²) in [6.45, 7) is 5.22. The van der Waals surface area contributed by atoms with Crippen molar-refractivity contribution in [3.8, 4) is 0 Å². The van der Waals surface area contributed by atoms with Gasteiger partial charge in [0, 0.05) is 24.9 Å². The summed E-state index contributed by atoms with van der Waals surface area (Å²) in [5.41, 5.74) is -0.483. The zero-order chi connectivity index (χ0) is 15.1. The standard InChI is InChI=1S/C12H22F2N2O3/c1-12(2,3)11(19)15-6-4-5-9(18)16-7-8(17)10(13)14/h8,10,17H,4-7H2,1-3H3,(H,15,19)(H,16,18). The second-order valence-corrected chi connectivity index (χ2v) is 5.32. The third-order valence-electron chi connectivity index (χ3n) is 2.35. The van der Waals surface area contributed by atoms with Gasteiger partial charge in [0.05, 0.1) is 0 Å². The van der Waals surface area contributed by atoms with Gasteiger partial charge in [0.1, 0.15) is 6.10 Å². The lowest BCUT2D eigenvalue weighted by molar-refractivity contribution is -0.128. The van der Waals surface area contributed by atoms with Crippen LogP contribution in [0.1, 0.15) is 33.6 Å². The smallest absolute Gasteiger partial charge is 0.265 e. The predicted molar refractivity (Wildman–Crippen MR) is 66.7 cm³/mol. The molecule has 19 heavy (non-hydrogen) atoms.